The standard InChI is InChI=1S/C12H22N2O2S2/c1-9-8-12(11(3)17-9)10(2)14-18(15,16)7-5-6-13-4/h8,10,13-14H,5-7H2,1-4H3. The third-order valence-electron chi connectivity index (χ3n) is 2.74. The maximum atomic E-state index is 11.9. The maximum Gasteiger partial charge on any atom is 0.212 e. The summed E-state index contributed by atoms with van der Waals surface area (Å²) in [6, 6.07) is 1.90. The molecule has 0 saturated heterocycles. The van der Waals surface area contributed by atoms with Crippen LogP contribution in [0.5, 0.6) is 0 Å². The Labute approximate surface area is 114 Å². The molecule has 1 heterocycles. The molecule has 1 aromatic heterocycles. The van der Waals surface area contributed by atoms with Crippen molar-refractivity contribution in [1.29, 1.82) is 0 Å². The third-order valence-corrected chi connectivity index (χ3v) is 5.26. The maximum absolute atomic E-state index is 11.9. The molecule has 0 radical (unpaired) electrons. The molecule has 4 nitrogen and oxygen atoms in total. The van der Waals surface area contributed by atoms with Gasteiger partial charge in [0.1, 0.15) is 0 Å². The van der Waals surface area contributed by atoms with Gasteiger partial charge in [0.25, 0.3) is 0 Å². The normalized spacial score (nSPS) is 13.8. The van der Waals surface area contributed by atoms with E-state index in [-0.39, 0.29) is 11.8 Å². The van der Waals surface area contributed by atoms with Crippen LogP contribution >= 0.6 is 11.3 Å². The highest BCUT2D eigenvalue weighted by molar-refractivity contribution is 7.89. The summed E-state index contributed by atoms with van der Waals surface area (Å²) in [6.07, 6.45) is 0.625. The zero-order valence-electron chi connectivity index (χ0n) is 11.4. The summed E-state index contributed by atoms with van der Waals surface area (Å²) in [7, 11) is -1.37. The van der Waals surface area contributed by atoms with E-state index in [0.717, 1.165) is 5.56 Å². The fourth-order valence-electron chi connectivity index (χ4n) is 1.91. The van der Waals surface area contributed by atoms with Crippen LogP contribution in [0.1, 0.15) is 34.7 Å². The van der Waals surface area contributed by atoms with Gasteiger partial charge in [0.05, 0.1) is 5.75 Å². The van der Waals surface area contributed by atoms with Crippen molar-refractivity contribution in [2.45, 2.75) is 33.2 Å². The van der Waals surface area contributed by atoms with Crippen LogP contribution in [0.4, 0.5) is 0 Å². The number of hydrogen-bond donors (Lipinski definition) is 2. The van der Waals surface area contributed by atoms with Gasteiger partial charge < -0.3 is 5.32 Å². The lowest BCUT2D eigenvalue weighted by molar-refractivity contribution is 0.563. The Morgan fingerprint density at radius 2 is 2.06 bits per heavy atom. The van der Waals surface area contributed by atoms with Crippen LogP contribution in [-0.4, -0.2) is 27.8 Å². The lowest BCUT2D eigenvalue weighted by Gasteiger charge is -2.14. The van der Waals surface area contributed by atoms with E-state index >= 15 is 0 Å². The second-order valence-electron chi connectivity index (χ2n) is 4.48. The summed E-state index contributed by atoms with van der Waals surface area (Å²) in [5.74, 6) is 0.167. The number of rotatable bonds is 7. The van der Waals surface area contributed by atoms with E-state index in [4.69, 9.17) is 0 Å². The molecule has 0 fully saturated rings. The molecule has 0 amide bonds. The van der Waals surface area contributed by atoms with Gasteiger partial charge in [0.2, 0.25) is 10.0 Å². The molecule has 18 heavy (non-hydrogen) atoms. The largest absolute Gasteiger partial charge is 0.320 e. The van der Waals surface area contributed by atoms with Crippen molar-refractivity contribution in [2.75, 3.05) is 19.3 Å². The molecule has 0 aliphatic rings. The smallest absolute Gasteiger partial charge is 0.212 e. The fourth-order valence-corrected chi connectivity index (χ4v) is 4.24. The third kappa shape index (κ3) is 4.68. The summed E-state index contributed by atoms with van der Waals surface area (Å²) in [4.78, 5) is 2.39. The van der Waals surface area contributed by atoms with E-state index in [1.54, 1.807) is 11.3 Å². The summed E-state index contributed by atoms with van der Waals surface area (Å²) in [6.45, 7) is 6.67. The second-order valence-corrected chi connectivity index (χ2v) is 7.82. The molecule has 0 bridgehead atoms. The van der Waals surface area contributed by atoms with Gasteiger partial charge in [-0.05, 0) is 52.4 Å². The number of thiophene rings is 1. The van der Waals surface area contributed by atoms with Crippen LogP contribution < -0.4 is 10.0 Å². The van der Waals surface area contributed by atoms with E-state index < -0.39 is 10.0 Å². The molecule has 1 atom stereocenters. The zero-order chi connectivity index (χ0) is 13.8. The second kappa shape index (κ2) is 6.65. The van der Waals surface area contributed by atoms with Gasteiger partial charge in [-0.15, -0.1) is 11.3 Å². The first-order chi connectivity index (χ1) is 8.35. The highest BCUT2D eigenvalue weighted by Crippen LogP contribution is 2.26. The van der Waals surface area contributed by atoms with Crippen LogP contribution in [0.3, 0.4) is 0 Å². The molecule has 6 heteroatoms. The minimum Gasteiger partial charge on any atom is -0.320 e. The zero-order valence-corrected chi connectivity index (χ0v) is 13.0. The van der Waals surface area contributed by atoms with Gasteiger partial charge in [-0.1, -0.05) is 0 Å². The van der Waals surface area contributed by atoms with Crippen molar-refractivity contribution >= 4 is 21.4 Å². The highest BCUT2D eigenvalue weighted by Gasteiger charge is 2.17. The monoisotopic (exact) mass is 290 g/mol. The molecule has 1 aromatic rings. The van der Waals surface area contributed by atoms with Crippen LogP contribution in [0.2, 0.25) is 0 Å². The Balaban J connectivity index is 2.64. The number of nitrogens with one attached hydrogen (secondary N) is 2. The SMILES string of the molecule is CNCCCS(=O)(=O)NC(C)c1cc(C)sc1C. The fraction of sp³-hybridized carbons (Fsp3) is 0.667. The predicted molar refractivity (Wildman–Crippen MR) is 77.7 cm³/mol. The Kier molecular flexibility index (Phi) is 5.78. The van der Waals surface area contributed by atoms with Crippen molar-refractivity contribution in [3.8, 4) is 0 Å². The molecule has 2 N–H and O–H groups in total. The van der Waals surface area contributed by atoms with Crippen LogP contribution in [0.25, 0.3) is 0 Å². The van der Waals surface area contributed by atoms with E-state index in [1.165, 1.54) is 9.75 Å². The quantitative estimate of drug-likeness (QED) is 0.755. The molecule has 0 aliphatic carbocycles. The first-order valence-corrected chi connectivity index (χ1v) is 8.54. The Morgan fingerprint density at radius 1 is 1.39 bits per heavy atom. The van der Waals surface area contributed by atoms with E-state index in [0.29, 0.717) is 13.0 Å². The van der Waals surface area contributed by atoms with Crippen LogP contribution in [-0.2, 0) is 10.0 Å². The molecule has 0 saturated carbocycles. The van der Waals surface area contributed by atoms with Gasteiger partial charge in [-0.25, -0.2) is 13.1 Å². The summed E-state index contributed by atoms with van der Waals surface area (Å²) >= 11 is 1.70. The summed E-state index contributed by atoms with van der Waals surface area (Å²) in [5, 5.41) is 2.95. The van der Waals surface area contributed by atoms with Gasteiger partial charge in [-0.3, -0.25) is 0 Å². The van der Waals surface area contributed by atoms with E-state index in [9.17, 15) is 8.42 Å². The average molecular weight is 290 g/mol. The topological polar surface area (TPSA) is 58.2 Å². The average Bonchev–Trinajstić information content (AvgIpc) is 2.57. The first kappa shape index (κ1) is 15.6. The van der Waals surface area contributed by atoms with Crippen molar-refractivity contribution in [3.63, 3.8) is 0 Å². The van der Waals surface area contributed by atoms with Crippen LogP contribution in [0, 0.1) is 13.8 Å². The summed E-state index contributed by atoms with van der Waals surface area (Å²) in [5.41, 5.74) is 1.08. The van der Waals surface area contributed by atoms with Gasteiger partial charge >= 0.3 is 0 Å². The van der Waals surface area contributed by atoms with Gasteiger partial charge in [0, 0.05) is 15.8 Å². The Bertz CT molecular complexity index is 480. The van der Waals surface area contributed by atoms with Gasteiger partial charge in [0.15, 0.2) is 0 Å². The summed E-state index contributed by atoms with van der Waals surface area (Å²) < 4.78 is 26.5. The molecule has 0 aliphatic heterocycles. The highest BCUT2D eigenvalue weighted by atomic mass is 32.2. The van der Waals surface area contributed by atoms with Crippen LogP contribution in [0.15, 0.2) is 6.07 Å². The molecule has 0 spiro atoms. The van der Waals surface area contributed by atoms with E-state index in [2.05, 4.69) is 16.1 Å². The van der Waals surface area contributed by atoms with Crippen molar-refractivity contribution in [2.24, 2.45) is 0 Å². The van der Waals surface area contributed by atoms with Crippen molar-refractivity contribution in [1.82, 2.24) is 10.0 Å². The van der Waals surface area contributed by atoms with Crippen molar-refractivity contribution in [3.05, 3.63) is 21.4 Å². The molecule has 1 rings (SSSR count). The minimum atomic E-state index is -3.19. The lowest BCUT2D eigenvalue weighted by atomic mass is 10.1. The minimum absolute atomic E-state index is 0.158. The molecule has 0 aromatic carbocycles. The first-order valence-electron chi connectivity index (χ1n) is 6.07. The molecular weight excluding hydrogens is 268 g/mol. The van der Waals surface area contributed by atoms with Gasteiger partial charge in [-0.2, -0.15) is 0 Å². The molecule has 104 valence electrons. The predicted octanol–water partition coefficient (Wildman–Crippen LogP) is 1.95. The number of hydrogen-bond acceptors (Lipinski definition) is 4. The van der Waals surface area contributed by atoms with E-state index in [1.807, 2.05) is 27.8 Å². The lowest BCUT2D eigenvalue weighted by Crippen LogP contribution is -2.30. The number of sulfonamides is 1. The Hall–Kier alpha value is -0.430. The Morgan fingerprint density at radius 3 is 2.56 bits per heavy atom. The van der Waals surface area contributed by atoms with Crippen molar-refractivity contribution < 1.29 is 8.42 Å². The molecule has 1 unspecified atom stereocenters. The molecular formula is C12H22N2O2S2. The number of aryl methyl sites for hydroxylation is 2.